The summed E-state index contributed by atoms with van der Waals surface area (Å²) in [5.74, 6) is -1.23. The van der Waals surface area contributed by atoms with Gasteiger partial charge in [0.1, 0.15) is 17.5 Å². The molecular weight excluding hydrogens is 554 g/mol. The van der Waals surface area contributed by atoms with Crippen molar-refractivity contribution in [3.05, 3.63) is 58.2 Å². The van der Waals surface area contributed by atoms with E-state index in [1.165, 1.54) is 11.3 Å². The van der Waals surface area contributed by atoms with Crippen LogP contribution in [0.1, 0.15) is 70.9 Å². The van der Waals surface area contributed by atoms with Gasteiger partial charge in [-0.25, -0.2) is 4.98 Å². The highest BCUT2D eigenvalue weighted by Crippen LogP contribution is 2.27. The van der Waals surface area contributed by atoms with Crippen LogP contribution >= 0.6 is 11.3 Å². The summed E-state index contributed by atoms with van der Waals surface area (Å²) in [6, 6.07) is 5.21. The van der Waals surface area contributed by atoms with Gasteiger partial charge in [0.25, 0.3) is 5.91 Å². The van der Waals surface area contributed by atoms with Crippen LogP contribution in [0.5, 0.6) is 5.75 Å². The van der Waals surface area contributed by atoms with Gasteiger partial charge in [-0.05, 0) is 62.5 Å². The van der Waals surface area contributed by atoms with Gasteiger partial charge in [-0.3, -0.25) is 19.2 Å². The van der Waals surface area contributed by atoms with Crippen LogP contribution in [0.2, 0.25) is 0 Å². The molecule has 1 aliphatic heterocycles. The number of amides is 3. The maximum Gasteiger partial charge on any atom is 0.268 e. The van der Waals surface area contributed by atoms with Crippen molar-refractivity contribution in [2.75, 3.05) is 13.7 Å². The summed E-state index contributed by atoms with van der Waals surface area (Å²) in [5.41, 5.74) is 1.62. The molecule has 1 aromatic carbocycles. The van der Waals surface area contributed by atoms with Gasteiger partial charge in [0.15, 0.2) is 5.01 Å². The molecule has 222 valence electrons. The summed E-state index contributed by atoms with van der Waals surface area (Å²) in [4.78, 5) is 61.5. The smallest absolute Gasteiger partial charge is 0.268 e. The van der Waals surface area contributed by atoms with Crippen molar-refractivity contribution in [2.45, 2.75) is 52.1 Å². The second kappa shape index (κ2) is 13.6. The molecule has 4 N–H and O–H groups in total. The van der Waals surface area contributed by atoms with E-state index in [2.05, 4.69) is 32.5 Å². The molecule has 1 aliphatic rings. The van der Waals surface area contributed by atoms with Gasteiger partial charge in [0.2, 0.25) is 17.6 Å². The van der Waals surface area contributed by atoms with Gasteiger partial charge in [-0.2, -0.15) is 0 Å². The van der Waals surface area contributed by atoms with Crippen molar-refractivity contribution in [2.24, 2.45) is 11.8 Å². The van der Waals surface area contributed by atoms with Crippen LogP contribution in [-0.2, 0) is 9.59 Å². The number of allylic oxidation sites excluding steroid dienone is 1. The molecule has 0 spiro atoms. The van der Waals surface area contributed by atoms with Crippen LogP contribution in [0.4, 0.5) is 0 Å². The number of nitrogens with zero attached hydrogens (tertiary/aromatic N) is 1. The second-order valence-electron chi connectivity index (χ2n) is 10.7. The first-order chi connectivity index (χ1) is 20.1. The van der Waals surface area contributed by atoms with Crippen LogP contribution in [0.3, 0.4) is 0 Å². The molecule has 0 bridgehead atoms. The zero-order valence-corrected chi connectivity index (χ0v) is 25.1. The van der Waals surface area contributed by atoms with Crippen LogP contribution < -0.4 is 20.7 Å². The van der Waals surface area contributed by atoms with Gasteiger partial charge >= 0.3 is 0 Å². The summed E-state index contributed by atoms with van der Waals surface area (Å²) in [7, 11) is 1.56. The Bertz CT molecular complexity index is 1520. The third-order valence-electron chi connectivity index (χ3n) is 7.14. The Morgan fingerprint density at radius 1 is 1.24 bits per heavy atom. The third kappa shape index (κ3) is 6.96. The van der Waals surface area contributed by atoms with E-state index in [4.69, 9.17) is 4.74 Å². The van der Waals surface area contributed by atoms with Crippen molar-refractivity contribution in [1.82, 2.24) is 25.9 Å². The Morgan fingerprint density at radius 3 is 2.67 bits per heavy atom. The van der Waals surface area contributed by atoms with Crippen molar-refractivity contribution < 1.29 is 23.9 Å². The van der Waals surface area contributed by atoms with E-state index in [1.807, 2.05) is 39.0 Å². The van der Waals surface area contributed by atoms with E-state index in [-0.39, 0.29) is 34.7 Å². The van der Waals surface area contributed by atoms with Crippen molar-refractivity contribution in [3.63, 3.8) is 0 Å². The number of ether oxygens (including phenoxy) is 1. The topological polar surface area (TPSA) is 142 Å². The molecule has 0 radical (unpaired) electrons. The monoisotopic (exact) mass is 591 g/mol. The van der Waals surface area contributed by atoms with E-state index in [1.54, 1.807) is 31.4 Å². The number of ketones is 1. The second-order valence-corrected chi connectivity index (χ2v) is 11.7. The number of thiazole rings is 1. The summed E-state index contributed by atoms with van der Waals surface area (Å²) in [6.45, 7) is 10.1. The predicted molar refractivity (Wildman–Crippen MR) is 164 cm³/mol. The quantitative estimate of drug-likeness (QED) is 0.218. The minimum atomic E-state index is -1.00. The number of fused-ring (bicyclic) bond motifs is 1. The molecule has 2 aromatic heterocycles. The van der Waals surface area contributed by atoms with Gasteiger partial charge in [0, 0.05) is 23.4 Å². The van der Waals surface area contributed by atoms with Crippen molar-refractivity contribution in [1.29, 1.82) is 0 Å². The zero-order valence-electron chi connectivity index (χ0n) is 24.3. The van der Waals surface area contributed by atoms with Crippen molar-refractivity contribution >= 4 is 57.9 Å². The first kappa shape index (κ1) is 30.7. The highest BCUT2D eigenvalue weighted by molar-refractivity contribution is 7.14. The highest BCUT2D eigenvalue weighted by Gasteiger charge is 2.35. The molecule has 3 aromatic rings. The summed E-state index contributed by atoms with van der Waals surface area (Å²) in [6.07, 6.45) is 6.28. The SMILES string of the molecule is C=Cc1sc(C(=O)[C@H](C[C@@H]2CCNC2=O)NC(=O)[C@H](CC(C)C)NC(=O)c2cc3c(OC)cccc3[nH]2)nc1/C=C\C. The van der Waals surface area contributed by atoms with Crippen LogP contribution in [0.25, 0.3) is 23.1 Å². The lowest BCUT2D eigenvalue weighted by Gasteiger charge is -2.24. The number of benzene rings is 1. The molecular formula is C31H37N5O5S. The number of hydrogen-bond donors (Lipinski definition) is 4. The average molecular weight is 592 g/mol. The molecule has 0 unspecified atom stereocenters. The van der Waals surface area contributed by atoms with Gasteiger partial charge in [0.05, 0.1) is 23.7 Å². The maximum absolute atomic E-state index is 13.7. The first-order valence-electron chi connectivity index (χ1n) is 14.0. The number of carbonyl (C=O) groups excluding carboxylic acids is 4. The van der Waals surface area contributed by atoms with Crippen molar-refractivity contribution in [3.8, 4) is 5.75 Å². The number of carbonyl (C=O) groups is 4. The molecule has 10 nitrogen and oxygen atoms in total. The molecule has 0 saturated carbocycles. The highest BCUT2D eigenvalue weighted by atomic mass is 32.1. The Hall–Kier alpha value is -4.25. The minimum Gasteiger partial charge on any atom is -0.496 e. The fourth-order valence-electron chi connectivity index (χ4n) is 5.05. The Kier molecular flexibility index (Phi) is 9.95. The molecule has 11 heteroatoms. The number of aromatic amines is 1. The largest absolute Gasteiger partial charge is 0.496 e. The fourth-order valence-corrected chi connectivity index (χ4v) is 5.94. The lowest BCUT2D eigenvalue weighted by Crippen LogP contribution is -2.52. The molecule has 1 saturated heterocycles. The zero-order chi connectivity index (χ0) is 30.4. The number of Topliss-reactive ketones (excluding diaryl/α,β-unsaturated/α-hetero) is 1. The Balaban J connectivity index is 1.58. The molecule has 42 heavy (non-hydrogen) atoms. The maximum atomic E-state index is 13.7. The average Bonchev–Trinajstić information content (AvgIpc) is 3.70. The van der Waals surface area contributed by atoms with Gasteiger partial charge in [-0.15, -0.1) is 11.3 Å². The number of methoxy groups -OCH3 is 1. The van der Waals surface area contributed by atoms with E-state index in [9.17, 15) is 19.2 Å². The van der Waals surface area contributed by atoms with Crippen LogP contribution in [0, 0.1) is 11.8 Å². The number of H-pyrrole nitrogens is 1. The molecule has 4 rings (SSSR count). The van der Waals surface area contributed by atoms with Crippen LogP contribution in [-0.4, -0.2) is 59.2 Å². The molecule has 3 atom stereocenters. The normalized spacial score (nSPS) is 16.4. The van der Waals surface area contributed by atoms with Crippen LogP contribution in [0.15, 0.2) is 36.9 Å². The summed E-state index contributed by atoms with van der Waals surface area (Å²) < 4.78 is 5.40. The van der Waals surface area contributed by atoms with Gasteiger partial charge < -0.3 is 25.7 Å². The summed E-state index contributed by atoms with van der Waals surface area (Å²) >= 11 is 1.19. The Morgan fingerprint density at radius 2 is 2.02 bits per heavy atom. The first-order valence-corrected chi connectivity index (χ1v) is 14.8. The van der Waals surface area contributed by atoms with E-state index >= 15 is 0 Å². The molecule has 0 aliphatic carbocycles. The lowest BCUT2D eigenvalue weighted by molar-refractivity contribution is -0.125. The predicted octanol–water partition coefficient (Wildman–Crippen LogP) is 4.35. The summed E-state index contributed by atoms with van der Waals surface area (Å²) in [5, 5.41) is 9.45. The van der Waals surface area contributed by atoms with E-state index in [0.717, 1.165) is 15.8 Å². The third-order valence-corrected chi connectivity index (χ3v) is 8.22. The molecule has 3 amide bonds. The fraction of sp³-hybridized carbons (Fsp3) is 0.387. The number of rotatable bonds is 13. The molecule has 1 fully saturated rings. The van der Waals surface area contributed by atoms with E-state index in [0.29, 0.717) is 30.8 Å². The van der Waals surface area contributed by atoms with Gasteiger partial charge in [-0.1, -0.05) is 32.6 Å². The lowest BCUT2D eigenvalue weighted by atomic mass is 9.95. The molecule has 3 heterocycles. The Labute approximate surface area is 249 Å². The minimum absolute atomic E-state index is 0.0659. The van der Waals surface area contributed by atoms with E-state index < -0.39 is 29.8 Å². The number of nitrogens with one attached hydrogen (secondary N) is 4. The number of aromatic nitrogens is 2. The number of hydrogen-bond acceptors (Lipinski definition) is 7. The standard InChI is InChI=1S/C31H37N5O5S/c1-6-9-21-26(7-2)42-31(36-21)27(37)22(15-18-12-13-32-28(18)38)34-29(39)23(14-17(3)4)35-30(40)24-16-19-20(33-24)10-8-11-25(19)41-5/h6-11,16-18,22-23,33H,2,12-15H2,1,3-5H3,(H,32,38)(H,34,39)(H,35,40)/b9-6-/t18-,22-,23-/m0/s1.